The van der Waals surface area contributed by atoms with Crippen LogP contribution in [0.3, 0.4) is 0 Å². The van der Waals surface area contributed by atoms with Gasteiger partial charge in [0, 0.05) is 13.1 Å². The normalized spacial score (nSPS) is 28.5. The van der Waals surface area contributed by atoms with Crippen molar-refractivity contribution in [3.63, 3.8) is 0 Å². The number of hydrogen-bond donors (Lipinski definition) is 2. The van der Waals surface area contributed by atoms with Crippen molar-refractivity contribution in [3.8, 4) is 0 Å². The van der Waals surface area contributed by atoms with E-state index in [0.29, 0.717) is 16.3 Å². The van der Waals surface area contributed by atoms with Gasteiger partial charge in [-0.1, -0.05) is 25.1 Å². The maximum absolute atomic E-state index is 5.74. The highest BCUT2D eigenvalue weighted by molar-refractivity contribution is 8.10. The lowest BCUT2D eigenvalue weighted by atomic mass is 9.84. The van der Waals surface area contributed by atoms with Crippen molar-refractivity contribution in [1.29, 1.82) is 0 Å². The maximum atomic E-state index is 5.74. The summed E-state index contributed by atoms with van der Waals surface area (Å²) >= 11 is 9.25. The van der Waals surface area contributed by atoms with E-state index in [1.165, 1.54) is 25.7 Å². The average molecular weight is 218 g/mol. The zero-order chi connectivity index (χ0) is 9.84. The number of thiol groups is 1. The summed E-state index contributed by atoms with van der Waals surface area (Å²) in [4.78, 5) is 2.09. The molecule has 4 heteroatoms. The van der Waals surface area contributed by atoms with Gasteiger partial charge in [0.1, 0.15) is 4.32 Å². The van der Waals surface area contributed by atoms with Crippen molar-refractivity contribution in [2.24, 2.45) is 11.7 Å². The van der Waals surface area contributed by atoms with Crippen molar-refractivity contribution in [3.05, 3.63) is 0 Å². The van der Waals surface area contributed by atoms with Crippen LogP contribution in [0.5, 0.6) is 0 Å². The second-order valence-corrected chi connectivity index (χ2v) is 4.85. The first-order valence-electron chi connectivity index (χ1n) is 4.82. The lowest BCUT2D eigenvalue weighted by Crippen LogP contribution is -2.44. The molecule has 1 aliphatic carbocycles. The molecule has 13 heavy (non-hydrogen) atoms. The van der Waals surface area contributed by atoms with Crippen LogP contribution >= 0.6 is 24.8 Å². The average Bonchev–Trinajstić information content (AvgIpc) is 2.16. The van der Waals surface area contributed by atoms with Crippen molar-refractivity contribution in [2.75, 3.05) is 13.6 Å². The largest absolute Gasteiger partial charge is 0.357 e. The molecule has 2 N–H and O–H groups in total. The van der Waals surface area contributed by atoms with E-state index in [2.05, 4.69) is 17.5 Å². The summed E-state index contributed by atoms with van der Waals surface area (Å²) in [6.07, 6.45) is 5.05. The molecule has 0 aromatic heterocycles. The van der Waals surface area contributed by atoms with Crippen molar-refractivity contribution >= 4 is 29.2 Å². The highest BCUT2D eigenvalue weighted by Crippen LogP contribution is 2.27. The fourth-order valence-corrected chi connectivity index (χ4v) is 2.40. The van der Waals surface area contributed by atoms with Crippen molar-refractivity contribution < 1.29 is 0 Å². The minimum Gasteiger partial charge on any atom is -0.357 e. The molecule has 1 fully saturated rings. The number of nitrogens with zero attached hydrogens (tertiary/aromatic N) is 1. The molecule has 0 heterocycles. The Labute approximate surface area is 91.3 Å². The molecule has 0 bridgehead atoms. The SMILES string of the molecule is CN(C(=S)S)C1CCCCC1CN. The van der Waals surface area contributed by atoms with E-state index in [1.54, 1.807) is 0 Å². The first-order valence-corrected chi connectivity index (χ1v) is 5.68. The van der Waals surface area contributed by atoms with Gasteiger partial charge in [0.15, 0.2) is 0 Å². The molecule has 0 aliphatic heterocycles. The topological polar surface area (TPSA) is 29.3 Å². The van der Waals surface area contributed by atoms with Crippen molar-refractivity contribution in [2.45, 2.75) is 31.7 Å². The standard InChI is InChI=1S/C9H18N2S2/c1-11(9(12)13)8-5-3-2-4-7(8)6-10/h7-8H,2-6,10H2,1H3,(H,12,13). The van der Waals surface area contributed by atoms with Gasteiger partial charge in [0.2, 0.25) is 0 Å². The van der Waals surface area contributed by atoms with Gasteiger partial charge in [0.25, 0.3) is 0 Å². The van der Waals surface area contributed by atoms with Gasteiger partial charge in [-0.15, -0.1) is 12.6 Å². The van der Waals surface area contributed by atoms with Crippen LogP contribution in [0.15, 0.2) is 0 Å². The second-order valence-electron chi connectivity index (χ2n) is 3.74. The van der Waals surface area contributed by atoms with Crippen LogP contribution in [0.1, 0.15) is 25.7 Å². The predicted octanol–water partition coefficient (Wildman–Crippen LogP) is 1.65. The Morgan fingerprint density at radius 3 is 2.69 bits per heavy atom. The van der Waals surface area contributed by atoms with E-state index in [4.69, 9.17) is 18.0 Å². The van der Waals surface area contributed by atoms with E-state index in [0.717, 1.165) is 6.54 Å². The molecular weight excluding hydrogens is 200 g/mol. The van der Waals surface area contributed by atoms with Crippen LogP contribution in [-0.4, -0.2) is 28.9 Å². The van der Waals surface area contributed by atoms with Gasteiger partial charge in [0.05, 0.1) is 0 Å². The van der Waals surface area contributed by atoms with Gasteiger partial charge in [-0.25, -0.2) is 0 Å². The molecule has 1 saturated carbocycles. The van der Waals surface area contributed by atoms with Gasteiger partial charge in [-0.05, 0) is 25.3 Å². The third-order valence-electron chi connectivity index (χ3n) is 2.97. The van der Waals surface area contributed by atoms with Gasteiger partial charge >= 0.3 is 0 Å². The van der Waals surface area contributed by atoms with E-state index in [-0.39, 0.29) is 0 Å². The first kappa shape index (κ1) is 11.3. The molecule has 0 aromatic carbocycles. The molecule has 0 spiro atoms. The smallest absolute Gasteiger partial charge is 0.133 e. The summed E-state index contributed by atoms with van der Waals surface area (Å²) in [5.41, 5.74) is 5.74. The predicted molar refractivity (Wildman–Crippen MR) is 64.1 cm³/mol. The van der Waals surface area contributed by atoms with Crippen LogP contribution in [0, 0.1) is 5.92 Å². The van der Waals surface area contributed by atoms with Gasteiger partial charge in [-0.3, -0.25) is 0 Å². The van der Waals surface area contributed by atoms with Crippen molar-refractivity contribution in [1.82, 2.24) is 4.90 Å². The van der Waals surface area contributed by atoms with Crippen LogP contribution < -0.4 is 5.73 Å². The number of hydrogen-bond acceptors (Lipinski definition) is 2. The molecule has 0 radical (unpaired) electrons. The Bertz CT molecular complexity index is 184. The summed E-state index contributed by atoms with van der Waals surface area (Å²) in [5.74, 6) is 0.601. The summed E-state index contributed by atoms with van der Waals surface area (Å²) < 4.78 is 0.686. The van der Waals surface area contributed by atoms with E-state index >= 15 is 0 Å². The molecule has 1 rings (SSSR count). The molecule has 0 saturated heterocycles. The third-order valence-corrected chi connectivity index (χ3v) is 3.57. The summed E-state index contributed by atoms with van der Waals surface area (Å²) in [7, 11) is 2.02. The Balaban J connectivity index is 2.58. The summed E-state index contributed by atoms with van der Waals surface area (Å²) in [6, 6.07) is 0.517. The van der Waals surface area contributed by atoms with Gasteiger partial charge in [-0.2, -0.15) is 0 Å². The van der Waals surface area contributed by atoms with E-state index < -0.39 is 0 Å². The maximum Gasteiger partial charge on any atom is 0.133 e. The molecule has 2 atom stereocenters. The van der Waals surface area contributed by atoms with Gasteiger partial charge < -0.3 is 10.6 Å². The molecule has 0 amide bonds. The fraction of sp³-hybridized carbons (Fsp3) is 0.889. The Kier molecular flexibility index (Phi) is 4.49. The molecule has 1 aliphatic rings. The lowest BCUT2D eigenvalue weighted by molar-refractivity contribution is 0.201. The van der Waals surface area contributed by atoms with Crippen LogP contribution in [-0.2, 0) is 0 Å². The molecule has 0 aromatic rings. The zero-order valence-corrected chi connectivity index (χ0v) is 9.78. The lowest BCUT2D eigenvalue weighted by Gasteiger charge is -2.37. The number of rotatable bonds is 2. The molecule has 2 nitrogen and oxygen atoms in total. The van der Waals surface area contributed by atoms with Crippen LogP contribution in [0.2, 0.25) is 0 Å². The van der Waals surface area contributed by atoms with Crippen LogP contribution in [0.4, 0.5) is 0 Å². The summed E-state index contributed by atoms with van der Waals surface area (Å²) in [6.45, 7) is 0.769. The highest BCUT2D eigenvalue weighted by Gasteiger charge is 2.27. The Morgan fingerprint density at radius 2 is 2.15 bits per heavy atom. The Morgan fingerprint density at radius 1 is 1.54 bits per heavy atom. The second kappa shape index (κ2) is 5.17. The third kappa shape index (κ3) is 2.82. The minimum atomic E-state index is 0.517. The number of nitrogens with two attached hydrogens (primary N) is 1. The Hall–Kier alpha value is 0.200. The zero-order valence-electron chi connectivity index (χ0n) is 8.07. The fourth-order valence-electron chi connectivity index (χ4n) is 2.11. The highest BCUT2D eigenvalue weighted by atomic mass is 32.1. The first-order chi connectivity index (χ1) is 6.16. The minimum absolute atomic E-state index is 0.517. The summed E-state index contributed by atoms with van der Waals surface area (Å²) in [5, 5.41) is 0. The monoisotopic (exact) mass is 218 g/mol. The molecular formula is C9H18N2S2. The number of thiocarbonyl (C=S) groups is 1. The van der Waals surface area contributed by atoms with E-state index in [1.807, 2.05) is 7.05 Å². The molecule has 2 unspecified atom stereocenters. The van der Waals surface area contributed by atoms with E-state index in [9.17, 15) is 0 Å². The molecule has 76 valence electrons. The quantitative estimate of drug-likeness (QED) is 0.545. The van der Waals surface area contributed by atoms with Crippen LogP contribution in [0.25, 0.3) is 0 Å².